The highest BCUT2D eigenvalue weighted by Crippen LogP contribution is 2.35. The first-order valence-electron chi connectivity index (χ1n) is 8.55. The van der Waals surface area contributed by atoms with E-state index in [0.717, 1.165) is 38.2 Å². The number of nitrogens with zero attached hydrogens (tertiary/aromatic N) is 6. The lowest BCUT2D eigenvalue weighted by Crippen LogP contribution is -2.38. The van der Waals surface area contributed by atoms with E-state index in [-0.39, 0.29) is 16.7 Å². The Bertz CT molecular complexity index is 735. The van der Waals surface area contributed by atoms with E-state index in [1.165, 1.54) is 0 Å². The molecule has 0 aromatic carbocycles. The molecule has 24 heavy (non-hydrogen) atoms. The zero-order chi connectivity index (χ0) is 17.3. The molecule has 1 saturated heterocycles. The fourth-order valence-corrected chi connectivity index (χ4v) is 3.63. The van der Waals surface area contributed by atoms with Crippen LogP contribution in [0.5, 0.6) is 0 Å². The van der Waals surface area contributed by atoms with E-state index in [4.69, 9.17) is 0 Å². The van der Waals surface area contributed by atoms with E-state index in [2.05, 4.69) is 26.5 Å². The number of anilines is 1. The molecule has 0 spiro atoms. The molecule has 1 aliphatic heterocycles. The van der Waals surface area contributed by atoms with Crippen LogP contribution in [0.15, 0.2) is 12.4 Å². The summed E-state index contributed by atoms with van der Waals surface area (Å²) in [6, 6.07) is 0.288. The lowest BCUT2D eigenvalue weighted by Gasteiger charge is -2.35. The number of hydrogen-bond acceptors (Lipinski definition) is 5. The van der Waals surface area contributed by atoms with Crippen LogP contribution in [-0.4, -0.2) is 37.3 Å². The third-order valence-corrected chi connectivity index (χ3v) is 4.71. The molecule has 0 amide bonds. The molecule has 2 aromatic rings. The van der Waals surface area contributed by atoms with Gasteiger partial charge in [-0.15, -0.1) is 0 Å². The normalized spacial score (nSPS) is 18.1. The molecule has 130 valence electrons. The summed E-state index contributed by atoms with van der Waals surface area (Å²) in [6.45, 7) is 7.95. The largest absolute Gasteiger partial charge is 0.349 e. The highest BCUT2D eigenvalue weighted by molar-refractivity contribution is 5.61. The Labute approximate surface area is 141 Å². The van der Waals surface area contributed by atoms with Crippen molar-refractivity contribution in [2.24, 2.45) is 0 Å². The number of hydrogen-bond donors (Lipinski definition) is 0. The van der Waals surface area contributed by atoms with Gasteiger partial charge in [-0.1, -0.05) is 6.92 Å². The number of nitro groups is 1. The zero-order valence-corrected chi connectivity index (χ0v) is 14.5. The molecule has 2 aromatic heterocycles. The van der Waals surface area contributed by atoms with Crippen LogP contribution in [0.1, 0.15) is 44.2 Å². The van der Waals surface area contributed by atoms with E-state index < -0.39 is 0 Å². The minimum absolute atomic E-state index is 0.138. The smallest absolute Gasteiger partial charge is 0.333 e. The highest BCUT2D eigenvalue weighted by Gasteiger charge is 2.32. The standard InChI is InChI=1S/C16H24N6O2/c1-4-14-17-8-10-20(14)13-7-6-9-19(11-13)16-15(22(23)24)12(3)18-21(16)5-2/h8,10,13H,4-7,9,11H2,1-3H3/t13-/m1/s1. The molecule has 0 N–H and O–H groups in total. The summed E-state index contributed by atoms with van der Waals surface area (Å²) in [6.07, 6.45) is 6.80. The summed E-state index contributed by atoms with van der Waals surface area (Å²) in [7, 11) is 0. The first-order chi connectivity index (χ1) is 11.6. The van der Waals surface area contributed by atoms with Crippen molar-refractivity contribution in [1.82, 2.24) is 19.3 Å². The van der Waals surface area contributed by atoms with Gasteiger partial charge in [0.15, 0.2) is 0 Å². The Morgan fingerprint density at radius 1 is 1.42 bits per heavy atom. The second kappa shape index (κ2) is 6.62. The molecular formula is C16H24N6O2. The van der Waals surface area contributed by atoms with Gasteiger partial charge in [-0.2, -0.15) is 5.10 Å². The molecule has 3 heterocycles. The molecule has 8 heteroatoms. The number of piperidine rings is 1. The fourth-order valence-electron chi connectivity index (χ4n) is 3.63. The summed E-state index contributed by atoms with van der Waals surface area (Å²) >= 11 is 0. The van der Waals surface area contributed by atoms with Gasteiger partial charge in [0.1, 0.15) is 11.5 Å². The topological polar surface area (TPSA) is 82.0 Å². The van der Waals surface area contributed by atoms with Gasteiger partial charge in [-0.3, -0.25) is 10.1 Å². The Hall–Kier alpha value is -2.38. The number of imidazole rings is 1. The maximum absolute atomic E-state index is 11.5. The summed E-state index contributed by atoms with van der Waals surface area (Å²) in [4.78, 5) is 17.8. The quantitative estimate of drug-likeness (QED) is 0.621. The van der Waals surface area contributed by atoms with Gasteiger partial charge < -0.3 is 9.47 Å². The Kier molecular flexibility index (Phi) is 4.55. The Morgan fingerprint density at radius 2 is 2.21 bits per heavy atom. The van der Waals surface area contributed by atoms with Crippen molar-refractivity contribution in [2.75, 3.05) is 18.0 Å². The van der Waals surface area contributed by atoms with Crippen molar-refractivity contribution in [3.63, 3.8) is 0 Å². The molecule has 0 aliphatic carbocycles. The van der Waals surface area contributed by atoms with Crippen LogP contribution in [0.25, 0.3) is 0 Å². The van der Waals surface area contributed by atoms with E-state index in [0.29, 0.717) is 18.1 Å². The molecule has 0 unspecified atom stereocenters. The first-order valence-corrected chi connectivity index (χ1v) is 8.55. The molecule has 3 rings (SSSR count). The van der Waals surface area contributed by atoms with Gasteiger partial charge >= 0.3 is 5.69 Å². The van der Waals surface area contributed by atoms with Gasteiger partial charge in [-0.05, 0) is 26.7 Å². The maximum Gasteiger partial charge on any atom is 0.333 e. The average molecular weight is 332 g/mol. The molecule has 1 aliphatic rings. The van der Waals surface area contributed by atoms with Crippen LogP contribution in [-0.2, 0) is 13.0 Å². The van der Waals surface area contributed by atoms with Gasteiger partial charge in [0, 0.05) is 38.4 Å². The Morgan fingerprint density at radius 3 is 2.88 bits per heavy atom. The minimum atomic E-state index is -0.303. The van der Waals surface area contributed by atoms with Crippen molar-refractivity contribution < 1.29 is 4.92 Å². The van der Waals surface area contributed by atoms with Crippen molar-refractivity contribution in [1.29, 1.82) is 0 Å². The number of rotatable bonds is 5. The second-order valence-electron chi connectivity index (χ2n) is 6.18. The molecule has 1 atom stereocenters. The predicted octanol–water partition coefficient (Wildman–Crippen LogP) is 2.72. The van der Waals surface area contributed by atoms with Crippen LogP contribution >= 0.6 is 0 Å². The maximum atomic E-state index is 11.5. The molecule has 0 saturated carbocycles. The summed E-state index contributed by atoms with van der Waals surface area (Å²) in [5.41, 5.74) is 0.620. The third kappa shape index (κ3) is 2.76. The van der Waals surface area contributed by atoms with Crippen LogP contribution in [0.4, 0.5) is 11.5 Å². The lowest BCUT2D eigenvalue weighted by molar-refractivity contribution is -0.384. The van der Waals surface area contributed by atoms with Crippen LogP contribution in [0, 0.1) is 17.0 Å². The van der Waals surface area contributed by atoms with Gasteiger partial charge in [0.05, 0.1) is 11.0 Å². The van der Waals surface area contributed by atoms with E-state index >= 15 is 0 Å². The number of aromatic nitrogens is 4. The highest BCUT2D eigenvalue weighted by atomic mass is 16.6. The summed E-state index contributed by atoms with van der Waals surface area (Å²) < 4.78 is 3.97. The van der Waals surface area contributed by atoms with Gasteiger partial charge in [0.2, 0.25) is 5.82 Å². The molecule has 8 nitrogen and oxygen atoms in total. The molecule has 0 bridgehead atoms. The predicted molar refractivity (Wildman–Crippen MR) is 91.4 cm³/mol. The van der Waals surface area contributed by atoms with E-state index in [1.807, 2.05) is 19.3 Å². The minimum Gasteiger partial charge on any atom is -0.349 e. The molecule has 1 fully saturated rings. The summed E-state index contributed by atoms with van der Waals surface area (Å²) in [5, 5.41) is 15.9. The zero-order valence-electron chi connectivity index (χ0n) is 14.5. The van der Waals surface area contributed by atoms with Crippen LogP contribution in [0.3, 0.4) is 0 Å². The molecular weight excluding hydrogens is 308 g/mol. The van der Waals surface area contributed by atoms with Crippen molar-refractivity contribution in [2.45, 2.75) is 52.6 Å². The Balaban J connectivity index is 1.94. The van der Waals surface area contributed by atoms with Crippen LogP contribution < -0.4 is 4.90 Å². The fraction of sp³-hybridized carbons (Fsp3) is 0.625. The van der Waals surface area contributed by atoms with Crippen molar-refractivity contribution >= 4 is 11.5 Å². The SMILES string of the molecule is CCc1nccn1[C@@H]1CCCN(c2c([N+](=O)[O-])c(C)nn2CC)C1. The van der Waals surface area contributed by atoms with Crippen molar-refractivity contribution in [3.05, 3.63) is 34.0 Å². The molecule has 0 radical (unpaired) electrons. The third-order valence-electron chi connectivity index (χ3n) is 4.71. The lowest BCUT2D eigenvalue weighted by atomic mass is 10.0. The van der Waals surface area contributed by atoms with Crippen molar-refractivity contribution in [3.8, 4) is 0 Å². The van der Waals surface area contributed by atoms with Gasteiger partial charge in [0.25, 0.3) is 0 Å². The van der Waals surface area contributed by atoms with E-state index in [9.17, 15) is 10.1 Å². The number of aryl methyl sites for hydroxylation is 3. The second-order valence-corrected chi connectivity index (χ2v) is 6.18. The van der Waals surface area contributed by atoms with Gasteiger partial charge in [-0.25, -0.2) is 9.67 Å². The van der Waals surface area contributed by atoms with E-state index in [1.54, 1.807) is 11.6 Å². The summed E-state index contributed by atoms with van der Waals surface area (Å²) in [5.74, 6) is 1.71. The monoisotopic (exact) mass is 332 g/mol. The average Bonchev–Trinajstić information content (AvgIpc) is 3.18. The van der Waals surface area contributed by atoms with Crippen LogP contribution in [0.2, 0.25) is 0 Å². The first kappa shape index (κ1) is 16.5.